The van der Waals surface area contributed by atoms with Crippen molar-refractivity contribution in [2.75, 3.05) is 7.05 Å². The molecule has 2 aromatic heterocycles. The summed E-state index contributed by atoms with van der Waals surface area (Å²) in [7, 11) is 1.91. The zero-order valence-electron chi connectivity index (χ0n) is 9.92. The normalized spacial score (nSPS) is 10.9. The molecule has 1 aromatic carbocycles. The van der Waals surface area contributed by atoms with Crippen molar-refractivity contribution >= 4 is 22.2 Å². The molecule has 4 nitrogen and oxygen atoms in total. The van der Waals surface area contributed by atoms with E-state index in [1.54, 1.807) is 17.5 Å². The average Bonchev–Trinajstić information content (AvgIpc) is 2.87. The minimum absolute atomic E-state index is 0.757. The summed E-state index contributed by atoms with van der Waals surface area (Å²) in [5, 5.41) is 14.5. The minimum atomic E-state index is 0.757. The SMILES string of the molecule is CNCc1nnc(-c2ccc3ncccc3c2)s1. The Hall–Kier alpha value is -1.85. The van der Waals surface area contributed by atoms with E-state index in [4.69, 9.17) is 0 Å². The lowest BCUT2D eigenvalue weighted by molar-refractivity contribution is 0.795. The van der Waals surface area contributed by atoms with Gasteiger partial charge in [-0.25, -0.2) is 0 Å². The van der Waals surface area contributed by atoms with E-state index in [2.05, 4.69) is 32.6 Å². The molecule has 0 saturated heterocycles. The third kappa shape index (κ3) is 2.10. The van der Waals surface area contributed by atoms with Crippen LogP contribution in [-0.4, -0.2) is 22.2 Å². The van der Waals surface area contributed by atoms with Gasteiger partial charge in [0.15, 0.2) is 0 Å². The molecule has 0 bridgehead atoms. The number of aromatic nitrogens is 3. The van der Waals surface area contributed by atoms with Gasteiger partial charge in [-0.15, -0.1) is 10.2 Å². The molecular weight excluding hydrogens is 244 g/mol. The van der Waals surface area contributed by atoms with E-state index >= 15 is 0 Å². The number of pyridine rings is 1. The molecular formula is C13H12N4S. The van der Waals surface area contributed by atoms with Crippen LogP contribution in [0.5, 0.6) is 0 Å². The van der Waals surface area contributed by atoms with Crippen molar-refractivity contribution in [3.05, 3.63) is 41.5 Å². The van der Waals surface area contributed by atoms with Gasteiger partial charge in [-0.1, -0.05) is 17.4 Å². The predicted octanol–water partition coefficient (Wildman–Crippen LogP) is 2.47. The summed E-state index contributed by atoms with van der Waals surface area (Å²) < 4.78 is 0. The van der Waals surface area contributed by atoms with Crippen molar-refractivity contribution in [1.82, 2.24) is 20.5 Å². The van der Waals surface area contributed by atoms with E-state index < -0.39 is 0 Å². The number of rotatable bonds is 3. The molecule has 0 radical (unpaired) electrons. The smallest absolute Gasteiger partial charge is 0.147 e. The summed E-state index contributed by atoms with van der Waals surface area (Å²) in [5.41, 5.74) is 2.09. The van der Waals surface area contributed by atoms with Crippen molar-refractivity contribution in [2.24, 2.45) is 0 Å². The molecule has 0 unspecified atom stereocenters. The second-order valence-corrected chi connectivity index (χ2v) is 5.00. The van der Waals surface area contributed by atoms with Crippen LogP contribution >= 0.6 is 11.3 Å². The van der Waals surface area contributed by atoms with E-state index in [9.17, 15) is 0 Å². The summed E-state index contributed by atoms with van der Waals surface area (Å²) in [5.74, 6) is 0. The minimum Gasteiger partial charge on any atom is -0.313 e. The highest BCUT2D eigenvalue weighted by atomic mass is 32.1. The summed E-state index contributed by atoms with van der Waals surface area (Å²) in [4.78, 5) is 4.31. The number of benzene rings is 1. The molecule has 0 fully saturated rings. The number of nitrogens with one attached hydrogen (secondary N) is 1. The molecule has 0 spiro atoms. The van der Waals surface area contributed by atoms with Gasteiger partial charge in [0, 0.05) is 23.7 Å². The van der Waals surface area contributed by atoms with E-state index in [1.807, 2.05) is 25.2 Å². The molecule has 18 heavy (non-hydrogen) atoms. The van der Waals surface area contributed by atoms with Crippen LogP contribution < -0.4 is 5.32 Å². The highest BCUT2D eigenvalue weighted by molar-refractivity contribution is 7.14. The molecule has 90 valence electrons. The topological polar surface area (TPSA) is 50.7 Å². The fourth-order valence-electron chi connectivity index (χ4n) is 1.80. The third-order valence-electron chi connectivity index (χ3n) is 2.64. The van der Waals surface area contributed by atoms with E-state index in [0.717, 1.165) is 33.0 Å². The second-order valence-electron chi connectivity index (χ2n) is 3.94. The molecule has 5 heteroatoms. The largest absolute Gasteiger partial charge is 0.313 e. The van der Waals surface area contributed by atoms with E-state index in [0.29, 0.717) is 0 Å². The monoisotopic (exact) mass is 256 g/mol. The molecule has 0 aliphatic carbocycles. The fraction of sp³-hybridized carbons (Fsp3) is 0.154. The van der Waals surface area contributed by atoms with Crippen LogP contribution in [0.4, 0.5) is 0 Å². The number of hydrogen-bond donors (Lipinski definition) is 1. The Kier molecular flexibility index (Phi) is 3.00. The fourth-order valence-corrected chi connectivity index (χ4v) is 2.65. The van der Waals surface area contributed by atoms with Crippen molar-refractivity contribution in [3.8, 4) is 10.6 Å². The Morgan fingerprint density at radius 3 is 3.06 bits per heavy atom. The molecule has 3 rings (SSSR count). The van der Waals surface area contributed by atoms with Gasteiger partial charge in [0.1, 0.15) is 10.0 Å². The van der Waals surface area contributed by atoms with Gasteiger partial charge in [-0.2, -0.15) is 0 Å². The maximum atomic E-state index is 4.31. The van der Waals surface area contributed by atoms with Crippen LogP contribution in [0.15, 0.2) is 36.5 Å². The van der Waals surface area contributed by atoms with Crippen LogP contribution in [0.25, 0.3) is 21.5 Å². The average molecular weight is 256 g/mol. The first-order valence-corrected chi connectivity index (χ1v) is 6.50. The zero-order chi connectivity index (χ0) is 12.4. The van der Waals surface area contributed by atoms with Crippen molar-refractivity contribution < 1.29 is 0 Å². The molecule has 0 saturated carbocycles. The Labute approximate surface area is 109 Å². The van der Waals surface area contributed by atoms with E-state index in [-0.39, 0.29) is 0 Å². The number of fused-ring (bicyclic) bond motifs is 1. The molecule has 2 heterocycles. The van der Waals surface area contributed by atoms with Crippen LogP contribution in [-0.2, 0) is 6.54 Å². The highest BCUT2D eigenvalue weighted by Gasteiger charge is 2.06. The quantitative estimate of drug-likeness (QED) is 0.782. The van der Waals surface area contributed by atoms with Gasteiger partial charge in [-0.05, 0) is 31.3 Å². The van der Waals surface area contributed by atoms with Crippen LogP contribution in [0.3, 0.4) is 0 Å². The van der Waals surface area contributed by atoms with Gasteiger partial charge in [0.25, 0.3) is 0 Å². The summed E-state index contributed by atoms with van der Waals surface area (Å²) in [6, 6.07) is 10.2. The first-order chi connectivity index (χ1) is 8.86. The molecule has 0 amide bonds. The van der Waals surface area contributed by atoms with Crippen LogP contribution in [0, 0.1) is 0 Å². The number of hydrogen-bond acceptors (Lipinski definition) is 5. The van der Waals surface area contributed by atoms with Crippen molar-refractivity contribution in [2.45, 2.75) is 6.54 Å². The lowest BCUT2D eigenvalue weighted by Crippen LogP contribution is -2.04. The summed E-state index contributed by atoms with van der Waals surface area (Å²) >= 11 is 1.61. The standard InChI is InChI=1S/C13H12N4S/c1-14-8-12-16-17-13(18-12)10-4-5-11-9(7-10)3-2-6-15-11/h2-7,14H,8H2,1H3. The highest BCUT2D eigenvalue weighted by Crippen LogP contribution is 2.26. The lowest BCUT2D eigenvalue weighted by Gasteiger charge is -1.98. The maximum absolute atomic E-state index is 4.31. The molecule has 1 N–H and O–H groups in total. The third-order valence-corrected chi connectivity index (χ3v) is 3.62. The Balaban J connectivity index is 2.02. The molecule has 0 aliphatic heterocycles. The maximum Gasteiger partial charge on any atom is 0.147 e. The summed E-state index contributed by atoms with van der Waals surface area (Å²) in [6.07, 6.45) is 1.80. The van der Waals surface area contributed by atoms with Gasteiger partial charge < -0.3 is 5.32 Å². The van der Waals surface area contributed by atoms with Crippen molar-refractivity contribution in [3.63, 3.8) is 0 Å². The van der Waals surface area contributed by atoms with Gasteiger partial charge in [0.2, 0.25) is 0 Å². The Morgan fingerprint density at radius 2 is 2.17 bits per heavy atom. The zero-order valence-corrected chi connectivity index (χ0v) is 10.7. The van der Waals surface area contributed by atoms with Crippen molar-refractivity contribution in [1.29, 1.82) is 0 Å². The molecule has 0 aliphatic rings. The van der Waals surface area contributed by atoms with E-state index in [1.165, 1.54) is 0 Å². The second kappa shape index (κ2) is 4.80. The van der Waals surface area contributed by atoms with Crippen LogP contribution in [0.2, 0.25) is 0 Å². The molecule has 0 atom stereocenters. The van der Waals surface area contributed by atoms with Gasteiger partial charge >= 0.3 is 0 Å². The first-order valence-electron chi connectivity index (χ1n) is 5.69. The first kappa shape index (κ1) is 11.3. The van der Waals surface area contributed by atoms with Gasteiger partial charge in [-0.3, -0.25) is 4.98 Å². The lowest BCUT2D eigenvalue weighted by atomic mass is 10.1. The summed E-state index contributed by atoms with van der Waals surface area (Å²) in [6.45, 7) is 0.757. The Bertz CT molecular complexity index is 677. The van der Waals surface area contributed by atoms with Crippen LogP contribution in [0.1, 0.15) is 5.01 Å². The predicted molar refractivity (Wildman–Crippen MR) is 73.4 cm³/mol. The molecule has 3 aromatic rings. The van der Waals surface area contributed by atoms with Gasteiger partial charge in [0.05, 0.1) is 5.52 Å². The number of nitrogens with zero attached hydrogens (tertiary/aromatic N) is 3. The Morgan fingerprint density at radius 1 is 1.22 bits per heavy atom.